The first-order valence-electron chi connectivity index (χ1n) is 11.2. The number of benzene rings is 2. The van der Waals surface area contributed by atoms with Gasteiger partial charge in [0.2, 0.25) is 0 Å². The topological polar surface area (TPSA) is 37.3 Å². The molecule has 1 saturated carbocycles. The standard InChI is InChI=1S/C26H30ClN3O/c27-23-12-7-11-22(17-23)19-29-16-8-15-25(29)20-30(24-13-5-2-6-14-24)26(31)28-18-21-9-3-1-4-10-21/h1,3-4,7-12,15-17,24H,2,5-6,13-14,18-20H2,(H,28,31). The Morgan fingerprint density at radius 1 is 0.968 bits per heavy atom. The molecule has 0 atom stereocenters. The Bertz CT molecular complexity index is 979. The maximum absolute atomic E-state index is 13.2. The molecule has 0 spiro atoms. The van der Waals surface area contributed by atoms with Crippen molar-refractivity contribution in [2.24, 2.45) is 0 Å². The van der Waals surface area contributed by atoms with Gasteiger partial charge < -0.3 is 14.8 Å². The van der Waals surface area contributed by atoms with Gasteiger partial charge in [0.1, 0.15) is 0 Å². The van der Waals surface area contributed by atoms with E-state index in [1.807, 2.05) is 53.4 Å². The lowest BCUT2D eigenvalue weighted by molar-refractivity contribution is 0.149. The minimum Gasteiger partial charge on any atom is -0.345 e. The summed E-state index contributed by atoms with van der Waals surface area (Å²) in [7, 11) is 0. The lowest BCUT2D eigenvalue weighted by Crippen LogP contribution is -2.46. The summed E-state index contributed by atoms with van der Waals surface area (Å²) in [4.78, 5) is 15.3. The number of hydrogen-bond donors (Lipinski definition) is 1. The molecule has 1 fully saturated rings. The molecule has 2 amide bonds. The molecule has 1 heterocycles. The van der Waals surface area contributed by atoms with Crippen molar-refractivity contribution in [1.82, 2.24) is 14.8 Å². The van der Waals surface area contributed by atoms with Crippen molar-refractivity contribution < 1.29 is 4.79 Å². The Morgan fingerprint density at radius 3 is 2.52 bits per heavy atom. The van der Waals surface area contributed by atoms with Crippen molar-refractivity contribution in [3.05, 3.63) is 94.8 Å². The summed E-state index contributed by atoms with van der Waals surface area (Å²) < 4.78 is 2.21. The Kier molecular flexibility index (Phi) is 7.31. The molecule has 31 heavy (non-hydrogen) atoms. The van der Waals surface area contributed by atoms with E-state index in [4.69, 9.17) is 11.6 Å². The summed E-state index contributed by atoms with van der Waals surface area (Å²) in [5.41, 5.74) is 3.41. The zero-order valence-electron chi connectivity index (χ0n) is 17.8. The molecule has 4 nitrogen and oxygen atoms in total. The third-order valence-electron chi connectivity index (χ3n) is 6.06. The Morgan fingerprint density at radius 2 is 1.74 bits per heavy atom. The fraction of sp³-hybridized carbons (Fsp3) is 0.346. The van der Waals surface area contributed by atoms with Crippen LogP contribution in [0.3, 0.4) is 0 Å². The van der Waals surface area contributed by atoms with Gasteiger partial charge in [-0.25, -0.2) is 4.79 Å². The molecule has 162 valence electrons. The minimum absolute atomic E-state index is 0.0197. The molecule has 0 bridgehead atoms. The van der Waals surface area contributed by atoms with E-state index in [0.29, 0.717) is 19.1 Å². The fourth-order valence-electron chi connectivity index (χ4n) is 4.39. The molecule has 4 rings (SSSR count). The van der Waals surface area contributed by atoms with Crippen LogP contribution in [0.25, 0.3) is 0 Å². The molecule has 1 aromatic heterocycles. The fourth-order valence-corrected chi connectivity index (χ4v) is 4.60. The Labute approximate surface area is 189 Å². The first kappa shape index (κ1) is 21.5. The lowest BCUT2D eigenvalue weighted by Gasteiger charge is -2.34. The maximum Gasteiger partial charge on any atom is 0.318 e. The van der Waals surface area contributed by atoms with Crippen LogP contribution in [0, 0.1) is 0 Å². The van der Waals surface area contributed by atoms with Gasteiger partial charge in [0.15, 0.2) is 0 Å². The van der Waals surface area contributed by atoms with Crippen LogP contribution >= 0.6 is 11.6 Å². The van der Waals surface area contributed by atoms with Crippen molar-refractivity contribution in [3.8, 4) is 0 Å². The van der Waals surface area contributed by atoms with Gasteiger partial charge in [-0.3, -0.25) is 0 Å². The second kappa shape index (κ2) is 10.5. The monoisotopic (exact) mass is 435 g/mol. The Hall–Kier alpha value is -2.72. The average molecular weight is 436 g/mol. The van der Waals surface area contributed by atoms with Gasteiger partial charge in [0, 0.05) is 36.0 Å². The van der Waals surface area contributed by atoms with Crippen molar-refractivity contribution in [2.75, 3.05) is 0 Å². The number of rotatable bonds is 7. The molecular weight excluding hydrogens is 406 g/mol. The first-order chi connectivity index (χ1) is 15.2. The molecule has 0 saturated heterocycles. The number of hydrogen-bond acceptors (Lipinski definition) is 1. The third-order valence-corrected chi connectivity index (χ3v) is 6.30. The molecule has 2 aromatic carbocycles. The van der Waals surface area contributed by atoms with Crippen molar-refractivity contribution in [1.29, 1.82) is 0 Å². The summed E-state index contributed by atoms with van der Waals surface area (Å²) in [6.07, 6.45) is 7.88. The van der Waals surface area contributed by atoms with Crippen LogP contribution in [0.1, 0.15) is 48.9 Å². The number of urea groups is 1. The van der Waals surface area contributed by atoms with Crippen LogP contribution in [-0.4, -0.2) is 21.5 Å². The normalized spacial score (nSPS) is 14.4. The van der Waals surface area contributed by atoms with E-state index in [2.05, 4.69) is 34.3 Å². The number of nitrogens with zero attached hydrogens (tertiary/aromatic N) is 2. The summed E-state index contributed by atoms with van der Waals surface area (Å²) in [6, 6.07) is 22.5. The van der Waals surface area contributed by atoms with Gasteiger partial charge >= 0.3 is 6.03 Å². The zero-order valence-corrected chi connectivity index (χ0v) is 18.6. The molecular formula is C26H30ClN3O. The van der Waals surface area contributed by atoms with E-state index in [1.165, 1.54) is 19.3 Å². The van der Waals surface area contributed by atoms with E-state index in [9.17, 15) is 4.79 Å². The summed E-state index contributed by atoms with van der Waals surface area (Å²) in [6.45, 7) is 1.90. The largest absolute Gasteiger partial charge is 0.345 e. The second-order valence-corrected chi connectivity index (χ2v) is 8.76. The highest BCUT2D eigenvalue weighted by molar-refractivity contribution is 6.30. The van der Waals surface area contributed by atoms with E-state index < -0.39 is 0 Å². The van der Waals surface area contributed by atoms with Gasteiger partial charge in [0.05, 0.1) is 6.54 Å². The van der Waals surface area contributed by atoms with Gasteiger partial charge in [0.25, 0.3) is 0 Å². The van der Waals surface area contributed by atoms with Gasteiger partial charge in [-0.05, 0) is 48.2 Å². The summed E-state index contributed by atoms with van der Waals surface area (Å²) in [5, 5.41) is 3.89. The van der Waals surface area contributed by atoms with E-state index in [0.717, 1.165) is 41.2 Å². The highest BCUT2D eigenvalue weighted by atomic mass is 35.5. The van der Waals surface area contributed by atoms with Crippen LogP contribution in [-0.2, 0) is 19.6 Å². The van der Waals surface area contributed by atoms with Gasteiger partial charge in [-0.2, -0.15) is 0 Å². The van der Waals surface area contributed by atoms with E-state index in [-0.39, 0.29) is 6.03 Å². The number of amides is 2. The summed E-state index contributed by atoms with van der Waals surface area (Å²) in [5.74, 6) is 0. The molecule has 0 unspecified atom stereocenters. The average Bonchev–Trinajstić information content (AvgIpc) is 3.23. The number of halogens is 1. The predicted octanol–water partition coefficient (Wildman–Crippen LogP) is 6.23. The lowest BCUT2D eigenvalue weighted by atomic mass is 9.94. The van der Waals surface area contributed by atoms with Gasteiger partial charge in [-0.1, -0.05) is 73.3 Å². The molecule has 1 aliphatic rings. The second-order valence-electron chi connectivity index (χ2n) is 8.32. The number of nitrogens with one attached hydrogen (secondary N) is 1. The number of aromatic nitrogens is 1. The molecule has 0 aliphatic heterocycles. The smallest absolute Gasteiger partial charge is 0.318 e. The molecule has 0 radical (unpaired) electrons. The predicted molar refractivity (Wildman–Crippen MR) is 126 cm³/mol. The highest BCUT2D eigenvalue weighted by Gasteiger charge is 2.26. The molecule has 3 aromatic rings. The van der Waals surface area contributed by atoms with Crippen LogP contribution in [0.15, 0.2) is 72.9 Å². The van der Waals surface area contributed by atoms with Crippen molar-refractivity contribution in [2.45, 2.75) is 57.8 Å². The Balaban J connectivity index is 1.48. The van der Waals surface area contributed by atoms with Crippen LogP contribution in [0.5, 0.6) is 0 Å². The van der Waals surface area contributed by atoms with Crippen LogP contribution in [0.2, 0.25) is 5.02 Å². The third kappa shape index (κ3) is 5.92. The quantitative estimate of drug-likeness (QED) is 0.469. The first-order valence-corrected chi connectivity index (χ1v) is 11.5. The van der Waals surface area contributed by atoms with E-state index in [1.54, 1.807) is 0 Å². The van der Waals surface area contributed by atoms with Crippen molar-refractivity contribution >= 4 is 17.6 Å². The van der Waals surface area contributed by atoms with Crippen molar-refractivity contribution in [3.63, 3.8) is 0 Å². The number of carbonyl (C=O) groups excluding carboxylic acids is 1. The van der Waals surface area contributed by atoms with Crippen LogP contribution < -0.4 is 5.32 Å². The molecule has 5 heteroatoms. The maximum atomic E-state index is 13.2. The number of carbonyl (C=O) groups is 1. The van der Waals surface area contributed by atoms with Crippen LogP contribution in [0.4, 0.5) is 4.79 Å². The van der Waals surface area contributed by atoms with Gasteiger partial charge in [-0.15, -0.1) is 0 Å². The highest BCUT2D eigenvalue weighted by Crippen LogP contribution is 2.25. The molecule has 1 aliphatic carbocycles. The zero-order chi connectivity index (χ0) is 21.5. The summed E-state index contributed by atoms with van der Waals surface area (Å²) >= 11 is 6.17. The minimum atomic E-state index is 0.0197. The van der Waals surface area contributed by atoms with E-state index >= 15 is 0 Å². The SMILES string of the molecule is O=C(NCc1ccccc1)N(Cc1cccn1Cc1cccc(Cl)c1)C1CCCCC1. The molecule has 1 N–H and O–H groups in total.